The van der Waals surface area contributed by atoms with E-state index in [4.69, 9.17) is 0 Å². The molecule has 0 radical (unpaired) electrons. The van der Waals surface area contributed by atoms with Gasteiger partial charge in [0.05, 0.1) is 22.9 Å². The van der Waals surface area contributed by atoms with Crippen LogP contribution < -0.4 is 5.32 Å². The molecule has 0 bridgehead atoms. The molecule has 4 rings (SSSR count). The zero-order valence-corrected chi connectivity index (χ0v) is 15.4. The molecule has 0 aliphatic heterocycles. The largest absolute Gasteiger partial charge is 0.480 e. The van der Waals surface area contributed by atoms with Crippen molar-refractivity contribution in [1.29, 1.82) is 0 Å². The fraction of sp³-hybridized carbons (Fsp3) is 0.190. The van der Waals surface area contributed by atoms with Gasteiger partial charge in [-0.3, -0.25) is 20.2 Å². The number of aromatic amines is 2. The van der Waals surface area contributed by atoms with Gasteiger partial charge in [-0.15, -0.1) is 0 Å². The predicted molar refractivity (Wildman–Crippen MR) is 107 cm³/mol. The van der Waals surface area contributed by atoms with Crippen LogP contribution in [0, 0.1) is 6.92 Å². The van der Waals surface area contributed by atoms with Crippen molar-refractivity contribution in [2.75, 3.05) is 0 Å². The number of hydrogen-bond donors (Lipinski definition) is 4. The summed E-state index contributed by atoms with van der Waals surface area (Å²) in [5.41, 5.74) is 6.59. The molecule has 4 aromatic rings. The number of aromatic nitrogens is 4. The molecule has 1 atom stereocenters. The van der Waals surface area contributed by atoms with E-state index < -0.39 is 12.0 Å². The monoisotopic (exact) mass is 375 g/mol. The van der Waals surface area contributed by atoms with Crippen LogP contribution in [0.4, 0.5) is 0 Å². The fourth-order valence-electron chi connectivity index (χ4n) is 3.36. The molecule has 4 N–H and O–H groups in total. The van der Waals surface area contributed by atoms with Gasteiger partial charge >= 0.3 is 5.97 Å². The lowest BCUT2D eigenvalue weighted by molar-refractivity contribution is -0.139. The third-order valence-corrected chi connectivity index (χ3v) is 4.80. The van der Waals surface area contributed by atoms with E-state index >= 15 is 0 Å². The highest BCUT2D eigenvalue weighted by molar-refractivity contribution is 5.80. The molecular formula is C21H21N5O2. The van der Waals surface area contributed by atoms with E-state index in [1.54, 1.807) is 12.4 Å². The number of carboxylic acids is 1. The molecule has 142 valence electrons. The summed E-state index contributed by atoms with van der Waals surface area (Å²) in [4.78, 5) is 19.3. The number of carboxylic acid groups (broad SMARTS) is 1. The maximum absolute atomic E-state index is 11.8. The summed E-state index contributed by atoms with van der Waals surface area (Å²) in [7, 11) is 0. The third-order valence-electron chi connectivity index (χ3n) is 4.80. The first-order valence-electron chi connectivity index (χ1n) is 9.08. The minimum Gasteiger partial charge on any atom is -0.480 e. The van der Waals surface area contributed by atoms with Crippen LogP contribution in [0.5, 0.6) is 0 Å². The van der Waals surface area contributed by atoms with Gasteiger partial charge in [0.15, 0.2) is 0 Å². The van der Waals surface area contributed by atoms with Crippen molar-refractivity contribution < 1.29 is 9.90 Å². The Labute approximate surface area is 161 Å². The Morgan fingerprint density at radius 3 is 2.96 bits per heavy atom. The molecule has 0 amide bonds. The lowest BCUT2D eigenvalue weighted by atomic mass is 10.0. The summed E-state index contributed by atoms with van der Waals surface area (Å²) in [5.74, 6) is -0.897. The van der Waals surface area contributed by atoms with Crippen LogP contribution in [0.15, 0.2) is 55.0 Å². The van der Waals surface area contributed by atoms with Gasteiger partial charge in [-0.2, -0.15) is 5.10 Å². The van der Waals surface area contributed by atoms with Crippen molar-refractivity contribution >= 4 is 17.0 Å². The van der Waals surface area contributed by atoms with Crippen LogP contribution >= 0.6 is 0 Å². The minimum atomic E-state index is -0.897. The van der Waals surface area contributed by atoms with Gasteiger partial charge in [0.25, 0.3) is 0 Å². The molecule has 1 aromatic carbocycles. The fourth-order valence-corrected chi connectivity index (χ4v) is 3.36. The van der Waals surface area contributed by atoms with Gasteiger partial charge in [-0.1, -0.05) is 23.8 Å². The summed E-state index contributed by atoms with van der Waals surface area (Å²) in [5, 5.41) is 20.0. The smallest absolute Gasteiger partial charge is 0.321 e. The number of rotatable bonds is 7. The average molecular weight is 375 g/mol. The lowest BCUT2D eigenvalue weighted by Gasteiger charge is -2.14. The van der Waals surface area contributed by atoms with Gasteiger partial charge in [0.1, 0.15) is 6.04 Å². The number of aliphatic carboxylic acids is 1. The van der Waals surface area contributed by atoms with Crippen molar-refractivity contribution in [3.63, 3.8) is 0 Å². The Hall–Kier alpha value is -3.45. The number of nitrogens with zero attached hydrogens (tertiary/aromatic N) is 2. The number of aryl methyl sites for hydroxylation is 1. The SMILES string of the molecule is Cc1cccc(-c2[nH]ncc2CNC(Cc2c[nH]c3cccnc23)C(=O)O)c1. The predicted octanol–water partition coefficient (Wildman–Crippen LogP) is 3.05. The Bertz CT molecular complexity index is 1110. The van der Waals surface area contributed by atoms with Gasteiger partial charge in [0.2, 0.25) is 0 Å². The maximum atomic E-state index is 11.8. The van der Waals surface area contributed by atoms with E-state index in [-0.39, 0.29) is 0 Å². The number of pyridine rings is 1. The topological polar surface area (TPSA) is 107 Å². The Morgan fingerprint density at radius 2 is 2.14 bits per heavy atom. The van der Waals surface area contributed by atoms with Crippen molar-refractivity contribution in [3.8, 4) is 11.3 Å². The molecule has 3 heterocycles. The Kier molecular flexibility index (Phi) is 4.90. The summed E-state index contributed by atoms with van der Waals surface area (Å²) in [6, 6.07) is 11.1. The standard InChI is InChI=1S/C21H21N5O2/c1-13-4-2-5-14(8-13)19-16(12-25-26-19)11-24-18(21(27)28)9-15-10-23-17-6-3-7-22-20(15)17/h2-8,10,12,18,23-24H,9,11H2,1H3,(H,25,26)(H,27,28). The normalized spacial score (nSPS) is 12.3. The van der Waals surface area contributed by atoms with E-state index in [1.807, 2.05) is 43.5 Å². The zero-order valence-electron chi connectivity index (χ0n) is 15.4. The summed E-state index contributed by atoms with van der Waals surface area (Å²) >= 11 is 0. The minimum absolute atomic E-state index is 0.337. The second-order valence-electron chi connectivity index (χ2n) is 6.83. The van der Waals surface area contributed by atoms with Crippen molar-refractivity contribution in [3.05, 3.63) is 71.7 Å². The quantitative estimate of drug-likeness (QED) is 0.397. The molecule has 0 aliphatic carbocycles. The number of H-pyrrole nitrogens is 2. The van der Waals surface area contributed by atoms with Crippen LogP contribution in [0.1, 0.15) is 16.7 Å². The Morgan fingerprint density at radius 1 is 1.25 bits per heavy atom. The number of hydrogen-bond acceptors (Lipinski definition) is 4. The molecule has 28 heavy (non-hydrogen) atoms. The van der Waals surface area contributed by atoms with E-state index in [0.717, 1.165) is 39.0 Å². The van der Waals surface area contributed by atoms with Crippen LogP contribution in [-0.4, -0.2) is 37.3 Å². The molecule has 7 nitrogen and oxygen atoms in total. The van der Waals surface area contributed by atoms with Gasteiger partial charge in [0, 0.05) is 36.5 Å². The molecule has 1 unspecified atom stereocenters. The molecule has 7 heteroatoms. The molecule has 0 aliphatic rings. The summed E-state index contributed by atoms with van der Waals surface area (Å²) in [6.07, 6.45) is 5.61. The number of benzene rings is 1. The van der Waals surface area contributed by atoms with Gasteiger partial charge in [-0.25, -0.2) is 0 Å². The third kappa shape index (κ3) is 3.65. The number of fused-ring (bicyclic) bond motifs is 1. The van der Waals surface area contributed by atoms with E-state index in [2.05, 4.69) is 31.5 Å². The van der Waals surface area contributed by atoms with Gasteiger partial charge < -0.3 is 10.1 Å². The maximum Gasteiger partial charge on any atom is 0.321 e. The molecule has 0 spiro atoms. The molecule has 3 aromatic heterocycles. The van der Waals surface area contributed by atoms with E-state index in [0.29, 0.717) is 13.0 Å². The second-order valence-corrected chi connectivity index (χ2v) is 6.83. The first-order valence-corrected chi connectivity index (χ1v) is 9.08. The summed E-state index contributed by atoms with van der Waals surface area (Å²) in [6.45, 7) is 2.43. The van der Waals surface area contributed by atoms with Gasteiger partial charge in [-0.05, 0) is 30.7 Å². The molecular weight excluding hydrogens is 354 g/mol. The number of carbonyl (C=O) groups is 1. The zero-order chi connectivity index (χ0) is 19.5. The van der Waals surface area contributed by atoms with E-state index in [1.165, 1.54) is 0 Å². The molecule has 0 fully saturated rings. The summed E-state index contributed by atoms with van der Waals surface area (Å²) < 4.78 is 0. The lowest BCUT2D eigenvalue weighted by Crippen LogP contribution is -2.38. The highest BCUT2D eigenvalue weighted by Gasteiger charge is 2.20. The van der Waals surface area contributed by atoms with E-state index in [9.17, 15) is 9.90 Å². The van der Waals surface area contributed by atoms with Crippen molar-refractivity contribution in [2.24, 2.45) is 0 Å². The highest BCUT2D eigenvalue weighted by Crippen LogP contribution is 2.22. The van der Waals surface area contributed by atoms with Crippen molar-refractivity contribution in [1.82, 2.24) is 25.5 Å². The number of nitrogens with one attached hydrogen (secondary N) is 3. The molecule has 0 saturated carbocycles. The van der Waals surface area contributed by atoms with Crippen LogP contribution in [-0.2, 0) is 17.8 Å². The van der Waals surface area contributed by atoms with Crippen LogP contribution in [0.2, 0.25) is 0 Å². The second kappa shape index (κ2) is 7.66. The van der Waals surface area contributed by atoms with Crippen LogP contribution in [0.25, 0.3) is 22.3 Å². The first kappa shape index (κ1) is 17.9. The molecule has 0 saturated heterocycles. The first-order chi connectivity index (χ1) is 13.6. The van der Waals surface area contributed by atoms with Crippen molar-refractivity contribution in [2.45, 2.75) is 25.9 Å². The highest BCUT2D eigenvalue weighted by atomic mass is 16.4. The average Bonchev–Trinajstić information content (AvgIpc) is 3.32. The van der Waals surface area contributed by atoms with Crippen LogP contribution in [0.3, 0.4) is 0 Å². The Balaban J connectivity index is 1.51.